The summed E-state index contributed by atoms with van der Waals surface area (Å²) in [5, 5.41) is 0. The molecule has 0 amide bonds. The van der Waals surface area contributed by atoms with Gasteiger partial charge in [0.15, 0.2) is 0 Å². The van der Waals surface area contributed by atoms with Gasteiger partial charge in [0, 0.05) is 17.8 Å². The number of nitrogens with zero attached hydrogens (tertiary/aromatic N) is 1. The summed E-state index contributed by atoms with van der Waals surface area (Å²) in [5.74, 6) is 0. The van der Waals surface area contributed by atoms with Gasteiger partial charge >= 0.3 is 0 Å². The molecule has 0 radical (unpaired) electrons. The van der Waals surface area contributed by atoms with E-state index < -0.39 is 0 Å². The summed E-state index contributed by atoms with van der Waals surface area (Å²) < 4.78 is 1.77. The van der Waals surface area contributed by atoms with E-state index in [1.165, 1.54) is 19.3 Å². The lowest BCUT2D eigenvalue weighted by Crippen LogP contribution is -2.39. The zero-order valence-corrected chi connectivity index (χ0v) is 12.3. The SMILES string of the molecule is NC1(c2ccc(=O)n(Cc3ccccc3)c2)CCCCC1. The van der Waals surface area contributed by atoms with Gasteiger partial charge in [-0.1, -0.05) is 55.7 Å². The number of benzene rings is 1. The lowest BCUT2D eigenvalue weighted by atomic mass is 9.78. The minimum Gasteiger partial charge on any atom is -0.321 e. The molecule has 1 heterocycles. The number of hydrogen-bond donors (Lipinski definition) is 1. The molecule has 1 aromatic carbocycles. The van der Waals surface area contributed by atoms with Crippen molar-refractivity contribution in [1.82, 2.24) is 4.57 Å². The van der Waals surface area contributed by atoms with Crippen molar-refractivity contribution in [1.29, 1.82) is 0 Å². The molecule has 0 spiro atoms. The third kappa shape index (κ3) is 3.08. The topological polar surface area (TPSA) is 48.0 Å². The van der Waals surface area contributed by atoms with Crippen LogP contribution in [0.4, 0.5) is 0 Å². The third-order valence-corrected chi connectivity index (χ3v) is 4.50. The Morgan fingerprint density at radius 3 is 2.43 bits per heavy atom. The van der Waals surface area contributed by atoms with Gasteiger partial charge in [0.25, 0.3) is 5.56 Å². The number of aromatic nitrogens is 1. The van der Waals surface area contributed by atoms with E-state index in [0.29, 0.717) is 6.54 Å². The normalized spacial score (nSPS) is 17.6. The summed E-state index contributed by atoms with van der Waals surface area (Å²) >= 11 is 0. The molecule has 110 valence electrons. The average molecular weight is 282 g/mol. The molecule has 1 fully saturated rings. The van der Waals surface area contributed by atoms with Gasteiger partial charge in [0.2, 0.25) is 0 Å². The van der Waals surface area contributed by atoms with Crippen LogP contribution in [0.15, 0.2) is 53.5 Å². The number of pyridine rings is 1. The van der Waals surface area contributed by atoms with Crippen LogP contribution < -0.4 is 11.3 Å². The van der Waals surface area contributed by atoms with Crippen molar-refractivity contribution in [3.8, 4) is 0 Å². The summed E-state index contributed by atoms with van der Waals surface area (Å²) in [6.45, 7) is 0.601. The largest absolute Gasteiger partial charge is 0.321 e. The van der Waals surface area contributed by atoms with Crippen LogP contribution in [-0.4, -0.2) is 4.57 Å². The highest BCUT2D eigenvalue weighted by Crippen LogP contribution is 2.34. The van der Waals surface area contributed by atoms with Gasteiger partial charge in [-0.2, -0.15) is 0 Å². The van der Waals surface area contributed by atoms with E-state index >= 15 is 0 Å². The van der Waals surface area contributed by atoms with Crippen LogP contribution in [0.1, 0.15) is 43.2 Å². The molecule has 0 atom stereocenters. The highest BCUT2D eigenvalue weighted by Gasteiger charge is 2.29. The first-order valence-electron chi connectivity index (χ1n) is 7.71. The van der Waals surface area contributed by atoms with E-state index in [1.807, 2.05) is 42.6 Å². The molecule has 3 rings (SSSR count). The van der Waals surface area contributed by atoms with Crippen LogP contribution in [0.25, 0.3) is 0 Å². The van der Waals surface area contributed by atoms with Crippen molar-refractivity contribution in [3.05, 3.63) is 70.1 Å². The number of hydrogen-bond acceptors (Lipinski definition) is 2. The summed E-state index contributed by atoms with van der Waals surface area (Å²) in [5.41, 5.74) is 8.57. The van der Waals surface area contributed by atoms with Crippen molar-refractivity contribution in [3.63, 3.8) is 0 Å². The van der Waals surface area contributed by atoms with Gasteiger partial charge in [-0.15, -0.1) is 0 Å². The second-order valence-corrected chi connectivity index (χ2v) is 6.09. The van der Waals surface area contributed by atoms with E-state index in [1.54, 1.807) is 10.6 Å². The maximum Gasteiger partial charge on any atom is 0.250 e. The van der Waals surface area contributed by atoms with Crippen molar-refractivity contribution in [2.75, 3.05) is 0 Å². The van der Waals surface area contributed by atoms with Gasteiger partial charge in [0.05, 0.1) is 6.54 Å². The molecule has 2 aromatic rings. The molecule has 3 heteroatoms. The third-order valence-electron chi connectivity index (χ3n) is 4.50. The number of nitrogens with two attached hydrogens (primary N) is 1. The Hall–Kier alpha value is -1.87. The molecule has 21 heavy (non-hydrogen) atoms. The quantitative estimate of drug-likeness (QED) is 0.940. The molecule has 3 nitrogen and oxygen atoms in total. The van der Waals surface area contributed by atoms with E-state index in [9.17, 15) is 4.79 Å². The summed E-state index contributed by atoms with van der Waals surface area (Å²) in [7, 11) is 0. The molecule has 0 saturated heterocycles. The maximum atomic E-state index is 12.1. The van der Waals surface area contributed by atoms with E-state index in [4.69, 9.17) is 5.73 Å². The minimum absolute atomic E-state index is 0.0296. The summed E-state index contributed by atoms with van der Waals surface area (Å²) in [4.78, 5) is 12.1. The summed E-state index contributed by atoms with van der Waals surface area (Å²) in [6.07, 6.45) is 7.60. The van der Waals surface area contributed by atoms with Crippen LogP contribution in [0, 0.1) is 0 Å². The van der Waals surface area contributed by atoms with Crippen molar-refractivity contribution in [2.24, 2.45) is 5.73 Å². The van der Waals surface area contributed by atoms with Crippen LogP contribution in [0.2, 0.25) is 0 Å². The molecule has 2 N–H and O–H groups in total. The second-order valence-electron chi connectivity index (χ2n) is 6.09. The van der Waals surface area contributed by atoms with E-state index in [0.717, 1.165) is 24.0 Å². The Kier molecular flexibility index (Phi) is 3.93. The zero-order valence-electron chi connectivity index (χ0n) is 12.3. The van der Waals surface area contributed by atoms with Gasteiger partial charge in [-0.3, -0.25) is 4.79 Å². The molecule has 0 bridgehead atoms. The first-order valence-corrected chi connectivity index (χ1v) is 7.71. The monoisotopic (exact) mass is 282 g/mol. The molecular formula is C18H22N2O. The Balaban J connectivity index is 1.91. The number of rotatable bonds is 3. The van der Waals surface area contributed by atoms with Crippen molar-refractivity contribution < 1.29 is 0 Å². The molecular weight excluding hydrogens is 260 g/mol. The highest BCUT2D eigenvalue weighted by atomic mass is 16.1. The minimum atomic E-state index is -0.260. The molecule has 1 aliphatic rings. The predicted octanol–water partition coefficient (Wildman–Crippen LogP) is 3.01. The van der Waals surface area contributed by atoms with Gasteiger partial charge in [-0.05, 0) is 24.0 Å². The Bertz CT molecular complexity index is 654. The standard InChI is InChI=1S/C18H22N2O/c19-18(11-5-2-6-12-18)16-9-10-17(21)20(14-16)13-15-7-3-1-4-8-15/h1,3-4,7-10,14H,2,5-6,11-13,19H2. The van der Waals surface area contributed by atoms with Crippen LogP contribution in [0.5, 0.6) is 0 Å². The predicted molar refractivity (Wildman–Crippen MR) is 85.2 cm³/mol. The van der Waals surface area contributed by atoms with Gasteiger partial charge in [-0.25, -0.2) is 0 Å². The van der Waals surface area contributed by atoms with Gasteiger partial charge < -0.3 is 10.3 Å². The van der Waals surface area contributed by atoms with E-state index in [-0.39, 0.29) is 11.1 Å². The second kappa shape index (κ2) is 5.86. The molecule has 1 saturated carbocycles. The zero-order chi connectivity index (χ0) is 14.7. The van der Waals surface area contributed by atoms with Crippen molar-refractivity contribution >= 4 is 0 Å². The van der Waals surface area contributed by atoms with Crippen LogP contribution in [-0.2, 0) is 12.1 Å². The Labute approximate surface area is 125 Å². The molecule has 1 aliphatic carbocycles. The maximum absolute atomic E-state index is 12.1. The van der Waals surface area contributed by atoms with Crippen LogP contribution in [0.3, 0.4) is 0 Å². The fraction of sp³-hybridized carbons (Fsp3) is 0.389. The molecule has 0 aliphatic heterocycles. The van der Waals surface area contributed by atoms with E-state index in [2.05, 4.69) is 0 Å². The first-order chi connectivity index (χ1) is 10.2. The lowest BCUT2D eigenvalue weighted by Gasteiger charge is -2.34. The lowest BCUT2D eigenvalue weighted by molar-refractivity contribution is 0.300. The average Bonchev–Trinajstić information content (AvgIpc) is 2.51. The fourth-order valence-corrected chi connectivity index (χ4v) is 3.20. The van der Waals surface area contributed by atoms with Crippen molar-refractivity contribution in [2.45, 2.75) is 44.2 Å². The van der Waals surface area contributed by atoms with Gasteiger partial charge in [0.1, 0.15) is 0 Å². The fourth-order valence-electron chi connectivity index (χ4n) is 3.20. The molecule has 1 aromatic heterocycles. The summed E-state index contributed by atoms with van der Waals surface area (Å²) in [6, 6.07) is 13.6. The molecule has 0 unspecified atom stereocenters. The Morgan fingerprint density at radius 1 is 1.00 bits per heavy atom. The Morgan fingerprint density at radius 2 is 1.71 bits per heavy atom. The highest BCUT2D eigenvalue weighted by molar-refractivity contribution is 5.23. The van der Waals surface area contributed by atoms with Crippen LogP contribution >= 0.6 is 0 Å². The first kappa shape index (κ1) is 14.1. The smallest absolute Gasteiger partial charge is 0.250 e.